The molecule has 0 spiro atoms. The van der Waals surface area contributed by atoms with E-state index in [4.69, 9.17) is 5.73 Å². The molecule has 0 saturated carbocycles. The van der Waals surface area contributed by atoms with Gasteiger partial charge in [0.25, 0.3) is 0 Å². The molecule has 16 heavy (non-hydrogen) atoms. The summed E-state index contributed by atoms with van der Waals surface area (Å²) < 4.78 is 1.11. The van der Waals surface area contributed by atoms with E-state index >= 15 is 0 Å². The maximum Gasteiger partial charge on any atom is 0.234 e. The second-order valence-electron chi connectivity index (χ2n) is 3.55. The highest BCUT2D eigenvalue weighted by Crippen LogP contribution is 2.13. The summed E-state index contributed by atoms with van der Waals surface area (Å²) in [6, 6.07) is 7.87. The Labute approximate surface area is 114 Å². The second-order valence-corrected chi connectivity index (χ2v) is 5.83. The van der Waals surface area contributed by atoms with E-state index in [0.29, 0.717) is 5.75 Å². The summed E-state index contributed by atoms with van der Waals surface area (Å²) in [6.45, 7) is 1.93. The van der Waals surface area contributed by atoms with Crippen LogP contribution in [-0.4, -0.2) is 23.5 Å². The van der Waals surface area contributed by atoms with E-state index in [-0.39, 0.29) is 11.9 Å². The number of halogens is 1. The molecular weight excluding hydrogens is 335 g/mol. The second kappa shape index (κ2) is 7.13. The van der Waals surface area contributed by atoms with Crippen molar-refractivity contribution in [3.63, 3.8) is 0 Å². The zero-order chi connectivity index (χ0) is 12.0. The van der Waals surface area contributed by atoms with Crippen LogP contribution in [0.15, 0.2) is 24.3 Å². The third-order valence-electron chi connectivity index (χ3n) is 1.72. The molecule has 3 N–H and O–H groups in total. The van der Waals surface area contributed by atoms with Gasteiger partial charge in [0.1, 0.15) is 0 Å². The molecule has 0 bridgehead atoms. The molecule has 0 saturated heterocycles. The molecule has 1 rings (SSSR count). The zero-order valence-electron chi connectivity index (χ0n) is 9.07. The number of nitrogens with one attached hydrogen (secondary N) is 1. The lowest BCUT2D eigenvalue weighted by molar-refractivity contribution is -0.113. The Morgan fingerprint density at radius 3 is 3.00 bits per heavy atom. The number of anilines is 1. The Kier molecular flexibility index (Phi) is 6.15. The van der Waals surface area contributed by atoms with Gasteiger partial charge >= 0.3 is 0 Å². The first kappa shape index (κ1) is 13.8. The summed E-state index contributed by atoms with van der Waals surface area (Å²) in [7, 11) is 0. The van der Waals surface area contributed by atoms with Crippen molar-refractivity contribution in [1.82, 2.24) is 0 Å². The van der Waals surface area contributed by atoms with Gasteiger partial charge in [-0.15, -0.1) is 0 Å². The van der Waals surface area contributed by atoms with Crippen LogP contribution >= 0.6 is 34.4 Å². The van der Waals surface area contributed by atoms with Crippen molar-refractivity contribution in [3.8, 4) is 0 Å². The van der Waals surface area contributed by atoms with Crippen LogP contribution < -0.4 is 11.1 Å². The number of hydrogen-bond acceptors (Lipinski definition) is 3. The van der Waals surface area contributed by atoms with Gasteiger partial charge in [-0.25, -0.2) is 0 Å². The van der Waals surface area contributed by atoms with E-state index in [0.717, 1.165) is 15.0 Å². The van der Waals surface area contributed by atoms with E-state index in [9.17, 15) is 4.79 Å². The summed E-state index contributed by atoms with van der Waals surface area (Å²) >= 11 is 3.77. The fourth-order valence-electron chi connectivity index (χ4n) is 1.10. The van der Waals surface area contributed by atoms with Crippen molar-refractivity contribution in [2.24, 2.45) is 5.73 Å². The van der Waals surface area contributed by atoms with Gasteiger partial charge in [-0.05, 0) is 47.7 Å². The van der Waals surface area contributed by atoms with Gasteiger partial charge in [-0.1, -0.05) is 6.07 Å². The van der Waals surface area contributed by atoms with Gasteiger partial charge in [-0.3, -0.25) is 4.79 Å². The number of nitrogens with two attached hydrogens (primary N) is 1. The average Bonchev–Trinajstić information content (AvgIpc) is 2.16. The molecule has 0 radical (unpaired) electrons. The Bertz CT molecular complexity index is 358. The minimum absolute atomic E-state index is 0.0210. The topological polar surface area (TPSA) is 55.1 Å². The molecule has 5 heteroatoms. The number of thioether (sulfide) groups is 1. The summed E-state index contributed by atoms with van der Waals surface area (Å²) in [5.41, 5.74) is 6.44. The molecule has 0 aliphatic heterocycles. The van der Waals surface area contributed by atoms with Gasteiger partial charge in [0, 0.05) is 21.1 Å². The third kappa shape index (κ3) is 5.72. The number of rotatable bonds is 5. The van der Waals surface area contributed by atoms with Crippen molar-refractivity contribution < 1.29 is 4.79 Å². The molecule has 0 aliphatic carbocycles. The number of hydrogen-bond donors (Lipinski definition) is 2. The molecule has 3 nitrogen and oxygen atoms in total. The number of carbonyl (C=O) groups excluding carboxylic acids is 1. The maximum atomic E-state index is 11.5. The van der Waals surface area contributed by atoms with Crippen molar-refractivity contribution in [3.05, 3.63) is 27.8 Å². The number of carbonyl (C=O) groups is 1. The lowest BCUT2D eigenvalue weighted by Crippen LogP contribution is -2.20. The predicted octanol–water partition coefficient (Wildman–Crippen LogP) is 2.31. The van der Waals surface area contributed by atoms with E-state index in [2.05, 4.69) is 27.9 Å². The molecule has 1 aromatic carbocycles. The van der Waals surface area contributed by atoms with Crippen LogP contribution in [0.3, 0.4) is 0 Å². The quantitative estimate of drug-likeness (QED) is 0.802. The van der Waals surface area contributed by atoms with Crippen LogP contribution in [0.25, 0.3) is 0 Å². The summed E-state index contributed by atoms with van der Waals surface area (Å²) in [5.74, 6) is 1.28. The lowest BCUT2D eigenvalue weighted by Gasteiger charge is -2.06. The van der Waals surface area contributed by atoms with Gasteiger partial charge in [0.2, 0.25) is 5.91 Å². The molecule has 1 amide bonds. The minimum atomic E-state index is 0.0210. The fraction of sp³-hybridized carbons (Fsp3) is 0.364. The Balaban J connectivity index is 2.34. The minimum Gasteiger partial charge on any atom is -0.327 e. The Hall–Kier alpha value is -0.270. The summed E-state index contributed by atoms with van der Waals surface area (Å²) in [6.07, 6.45) is 0. The SMILES string of the molecule is CC(N)CSCC(=O)Nc1cccc(I)c1. The molecule has 0 aromatic heterocycles. The monoisotopic (exact) mass is 350 g/mol. The lowest BCUT2D eigenvalue weighted by atomic mass is 10.3. The first-order valence-electron chi connectivity index (χ1n) is 4.96. The number of benzene rings is 1. The molecule has 1 aromatic rings. The third-order valence-corrected chi connectivity index (χ3v) is 3.62. The molecule has 0 aliphatic rings. The molecule has 88 valence electrons. The zero-order valence-corrected chi connectivity index (χ0v) is 12.0. The average molecular weight is 350 g/mol. The molecule has 0 fully saturated rings. The Morgan fingerprint density at radius 2 is 2.38 bits per heavy atom. The van der Waals surface area contributed by atoms with Gasteiger partial charge in [-0.2, -0.15) is 11.8 Å². The standard InChI is InChI=1S/C11H15IN2OS/c1-8(13)6-16-7-11(15)14-10-4-2-3-9(12)5-10/h2-5,8H,6-7,13H2,1H3,(H,14,15). The van der Waals surface area contributed by atoms with Crippen molar-refractivity contribution >= 4 is 45.9 Å². The van der Waals surface area contributed by atoms with E-state index in [1.54, 1.807) is 11.8 Å². The number of amides is 1. The Morgan fingerprint density at radius 1 is 1.62 bits per heavy atom. The highest BCUT2D eigenvalue weighted by molar-refractivity contribution is 14.1. The summed E-state index contributed by atoms with van der Waals surface area (Å²) in [4.78, 5) is 11.5. The normalized spacial score (nSPS) is 12.2. The molecule has 1 unspecified atom stereocenters. The fourth-order valence-corrected chi connectivity index (χ4v) is 2.39. The van der Waals surface area contributed by atoms with Gasteiger partial charge in [0.15, 0.2) is 0 Å². The van der Waals surface area contributed by atoms with Crippen LogP contribution in [0.4, 0.5) is 5.69 Å². The van der Waals surface area contributed by atoms with E-state index < -0.39 is 0 Å². The first-order chi connectivity index (χ1) is 7.58. The van der Waals surface area contributed by atoms with Crippen LogP contribution in [0, 0.1) is 3.57 Å². The summed E-state index contributed by atoms with van der Waals surface area (Å²) in [5, 5.41) is 2.85. The predicted molar refractivity (Wildman–Crippen MR) is 78.8 cm³/mol. The van der Waals surface area contributed by atoms with Crippen LogP contribution in [0.5, 0.6) is 0 Å². The van der Waals surface area contributed by atoms with Gasteiger partial charge in [0.05, 0.1) is 5.75 Å². The van der Waals surface area contributed by atoms with Crippen LogP contribution in [-0.2, 0) is 4.79 Å². The van der Waals surface area contributed by atoms with Crippen LogP contribution in [0.1, 0.15) is 6.92 Å². The van der Waals surface area contributed by atoms with Crippen molar-refractivity contribution in [2.75, 3.05) is 16.8 Å². The molecule has 0 heterocycles. The molecular formula is C11H15IN2OS. The van der Waals surface area contributed by atoms with E-state index in [1.165, 1.54) is 0 Å². The van der Waals surface area contributed by atoms with E-state index in [1.807, 2.05) is 31.2 Å². The maximum absolute atomic E-state index is 11.5. The first-order valence-corrected chi connectivity index (χ1v) is 7.20. The van der Waals surface area contributed by atoms with Crippen molar-refractivity contribution in [1.29, 1.82) is 0 Å². The van der Waals surface area contributed by atoms with Crippen molar-refractivity contribution in [2.45, 2.75) is 13.0 Å². The highest BCUT2D eigenvalue weighted by Gasteiger charge is 2.03. The molecule has 1 atom stereocenters. The van der Waals surface area contributed by atoms with Crippen LogP contribution in [0.2, 0.25) is 0 Å². The smallest absolute Gasteiger partial charge is 0.234 e. The van der Waals surface area contributed by atoms with Gasteiger partial charge < -0.3 is 11.1 Å². The highest BCUT2D eigenvalue weighted by atomic mass is 127. The largest absolute Gasteiger partial charge is 0.327 e.